The zero-order chi connectivity index (χ0) is 13.7. The minimum Gasteiger partial charge on any atom is -0.545 e. The molecule has 0 heterocycles. The number of nitrogens with one attached hydrogen (secondary N) is 1. The summed E-state index contributed by atoms with van der Waals surface area (Å²) in [5.41, 5.74) is 0.702. The van der Waals surface area contributed by atoms with Crippen molar-refractivity contribution in [2.75, 3.05) is 5.32 Å². The van der Waals surface area contributed by atoms with Crippen LogP contribution in [0.5, 0.6) is 0 Å². The predicted octanol–water partition coefficient (Wildman–Crippen LogP) is 0.148. The Kier molecular flexibility index (Phi) is 4.14. The van der Waals surface area contributed by atoms with E-state index in [0.29, 0.717) is 11.6 Å². The average molecular weight is 249 g/mol. The third kappa shape index (κ3) is 3.71. The number of carbonyl (C=O) groups is 2. The molecule has 0 saturated carbocycles. The molecule has 1 aromatic rings. The molecule has 0 fully saturated rings. The number of nitrogens with zero attached hydrogens (tertiary/aromatic N) is 1. The highest BCUT2D eigenvalue weighted by Crippen LogP contribution is 2.21. The van der Waals surface area contributed by atoms with Gasteiger partial charge in [-0.15, -0.1) is 0 Å². The number of nitro groups is 1. The molecule has 0 saturated heterocycles. The molecule has 1 N–H and O–H groups in total. The van der Waals surface area contributed by atoms with E-state index < -0.39 is 16.8 Å². The van der Waals surface area contributed by atoms with Gasteiger partial charge in [0.1, 0.15) is 0 Å². The lowest BCUT2D eigenvalue weighted by Crippen LogP contribution is -2.20. The molecule has 1 aromatic carbocycles. The molecule has 0 aliphatic carbocycles. The van der Waals surface area contributed by atoms with Crippen molar-refractivity contribution in [3.05, 3.63) is 46.0 Å². The summed E-state index contributed by atoms with van der Waals surface area (Å²) in [6, 6.07) is 3.98. The normalized spacial score (nSPS) is 10.3. The van der Waals surface area contributed by atoms with E-state index in [-0.39, 0.29) is 11.4 Å². The Morgan fingerprint density at radius 2 is 2.00 bits per heavy atom. The molecule has 7 heteroatoms. The topological polar surface area (TPSA) is 112 Å². The van der Waals surface area contributed by atoms with Crippen LogP contribution in [-0.2, 0) is 9.59 Å². The molecule has 0 aliphatic rings. The molecule has 0 aliphatic heterocycles. The molecule has 0 radical (unpaired) electrons. The number of anilines is 1. The standard InChI is InChI=1S/C11H10N2O5/c1-7-2-3-8(13(17)18)6-9(7)12-10(14)4-5-11(15)16/h2-6H,1H3,(H,12,14)(H,15,16)/p-1/b5-4-. The van der Waals surface area contributed by atoms with E-state index in [1.165, 1.54) is 18.2 Å². The van der Waals surface area contributed by atoms with Crippen molar-refractivity contribution < 1.29 is 19.6 Å². The number of rotatable bonds is 4. The largest absolute Gasteiger partial charge is 0.545 e. The number of carboxylic acids is 1. The lowest BCUT2D eigenvalue weighted by atomic mass is 10.2. The van der Waals surface area contributed by atoms with Crippen molar-refractivity contribution in [3.8, 4) is 0 Å². The van der Waals surface area contributed by atoms with Gasteiger partial charge in [0.2, 0.25) is 5.91 Å². The minimum atomic E-state index is -1.50. The van der Waals surface area contributed by atoms with Crippen molar-refractivity contribution in [2.24, 2.45) is 0 Å². The van der Waals surface area contributed by atoms with Crippen LogP contribution < -0.4 is 10.4 Å². The molecule has 0 unspecified atom stereocenters. The highest BCUT2D eigenvalue weighted by molar-refractivity contribution is 6.02. The fourth-order valence-corrected chi connectivity index (χ4v) is 1.18. The maximum Gasteiger partial charge on any atom is 0.271 e. The van der Waals surface area contributed by atoms with Gasteiger partial charge in [0.05, 0.1) is 16.6 Å². The van der Waals surface area contributed by atoms with Crippen molar-refractivity contribution in [1.82, 2.24) is 0 Å². The molecular weight excluding hydrogens is 240 g/mol. The first-order valence-electron chi connectivity index (χ1n) is 4.85. The Hall–Kier alpha value is -2.70. The van der Waals surface area contributed by atoms with Crippen molar-refractivity contribution in [3.63, 3.8) is 0 Å². The zero-order valence-corrected chi connectivity index (χ0v) is 9.38. The molecule has 18 heavy (non-hydrogen) atoms. The smallest absolute Gasteiger partial charge is 0.271 e. The first-order valence-corrected chi connectivity index (χ1v) is 4.85. The summed E-state index contributed by atoms with van der Waals surface area (Å²) in [7, 11) is 0. The first-order chi connectivity index (χ1) is 8.40. The Morgan fingerprint density at radius 1 is 1.33 bits per heavy atom. The van der Waals surface area contributed by atoms with Crippen LogP contribution in [0.1, 0.15) is 5.56 Å². The molecular formula is C11H9N2O5-. The summed E-state index contributed by atoms with van der Waals surface area (Å²) in [5.74, 6) is -2.20. The maximum atomic E-state index is 11.3. The summed E-state index contributed by atoms with van der Waals surface area (Å²) in [4.78, 5) is 31.4. The van der Waals surface area contributed by atoms with Crippen LogP contribution in [0.25, 0.3) is 0 Å². The Morgan fingerprint density at radius 3 is 2.56 bits per heavy atom. The second kappa shape index (κ2) is 5.58. The lowest BCUT2D eigenvalue weighted by Gasteiger charge is -2.05. The van der Waals surface area contributed by atoms with Crippen LogP contribution in [0, 0.1) is 17.0 Å². The van der Waals surface area contributed by atoms with Crippen LogP contribution in [0.4, 0.5) is 11.4 Å². The van der Waals surface area contributed by atoms with Crippen molar-refractivity contribution in [2.45, 2.75) is 6.92 Å². The van der Waals surface area contributed by atoms with Crippen LogP contribution in [0.3, 0.4) is 0 Å². The van der Waals surface area contributed by atoms with E-state index in [1.807, 2.05) is 0 Å². The number of amides is 1. The van der Waals surface area contributed by atoms with Crippen LogP contribution in [0.15, 0.2) is 30.4 Å². The van der Waals surface area contributed by atoms with Gasteiger partial charge < -0.3 is 15.2 Å². The average Bonchev–Trinajstić information content (AvgIpc) is 2.29. The number of aliphatic carboxylic acids is 1. The van der Waals surface area contributed by atoms with Gasteiger partial charge in [-0.1, -0.05) is 6.07 Å². The Balaban J connectivity index is 2.90. The summed E-state index contributed by atoms with van der Waals surface area (Å²) in [5, 5.41) is 23.0. The number of benzene rings is 1. The summed E-state index contributed by atoms with van der Waals surface area (Å²) >= 11 is 0. The summed E-state index contributed by atoms with van der Waals surface area (Å²) in [6.07, 6.45) is 1.34. The van der Waals surface area contributed by atoms with E-state index in [0.717, 1.165) is 6.08 Å². The number of carbonyl (C=O) groups excluding carboxylic acids is 2. The molecule has 0 spiro atoms. The summed E-state index contributed by atoms with van der Waals surface area (Å²) in [6.45, 7) is 1.65. The van der Waals surface area contributed by atoms with E-state index in [9.17, 15) is 24.8 Å². The number of nitro benzene ring substituents is 1. The maximum absolute atomic E-state index is 11.3. The van der Waals surface area contributed by atoms with Gasteiger partial charge in [-0.2, -0.15) is 0 Å². The fourth-order valence-electron chi connectivity index (χ4n) is 1.18. The van der Waals surface area contributed by atoms with Crippen LogP contribution in [0.2, 0.25) is 0 Å². The van der Waals surface area contributed by atoms with Crippen LogP contribution in [-0.4, -0.2) is 16.8 Å². The Labute approximate surface area is 102 Å². The number of non-ortho nitro benzene ring substituents is 1. The SMILES string of the molecule is Cc1ccc([N+](=O)[O-])cc1NC(=O)/C=C\C(=O)[O-]. The molecule has 0 bridgehead atoms. The monoisotopic (exact) mass is 249 g/mol. The van der Waals surface area contributed by atoms with Crippen LogP contribution >= 0.6 is 0 Å². The Bertz CT molecular complexity index is 536. The molecule has 1 amide bonds. The lowest BCUT2D eigenvalue weighted by molar-refractivity contribution is -0.384. The second-order valence-corrected chi connectivity index (χ2v) is 3.40. The van der Waals surface area contributed by atoms with Gasteiger partial charge in [0.15, 0.2) is 0 Å². The fraction of sp³-hybridized carbons (Fsp3) is 0.0909. The highest BCUT2D eigenvalue weighted by atomic mass is 16.6. The van der Waals surface area contributed by atoms with E-state index in [2.05, 4.69) is 5.32 Å². The van der Waals surface area contributed by atoms with Gasteiger partial charge in [0, 0.05) is 18.2 Å². The van der Waals surface area contributed by atoms with E-state index >= 15 is 0 Å². The number of hydrogen-bond donors (Lipinski definition) is 1. The zero-order valence-electron chi connectivity index (χ0n) is 9.38. The number of aryl methyl sites for hydroxylation is 1. The minimum absolute atomic E-state index is 0.167. The molecule has 1 rings (SSSR count). The third-order valence-electron chi connectivity index (χ3n) is 2.06. The van der Waals surface area contributed by atoms with Gasteiger partial charge >= 0.3 is 0 Å². The van der Waals surface area contributed by atoms with E-state index in [4.69, 9.17) is 0 Å². The van der Waals surface area contributed by atoms with Gasteiger partial charge in [-0.3, -0.25) is 14.9 Å². The highest BCUT2D eigenvalue weighted by Gasteiger charge is 2.09. The van der Waals surface area contributed by atoms with Gasteiger partial charge in [0.25, 0.3) is 5.69 Å². The van der Waals surface area contributed by atoms with Crippen molar-refractivity contribution >= 4 is 23.3 Å². The first kappa shape index (κ1) is 13.4. The molecule has 7 nitrogen and oxygen atoms in total. The van der Waals surface area contributed by atoms with Gasteiger partial charge in [-0.25, -0.2) is 0 Å². The van der Waals surface area contributed by atoms with E-state index in [1.54, 1.807) is 6.92 Å². The number of carboxylic acid groups (broad SMARTS) is 1. The molecule has 0 atom stereocenters. The van der Waals surface area contributed by atoms with Gasteiger partial charge in [-0.05, 0) is 18.6 Å². The third-order valence-corrected chi connectivity index (χ3v) is 2.06. The predicted molar refractivity (Wildman–Crippen MR) is 60.6 cm³/mol. The number of hydrogen-bond acceptors (Lipinski definition) is 5. The molecule has 94 valence electrons. The quantitative estimate of drug-likeness (QED) is 0.463. The second-order valence-electron chi connectivity index (χ2n) is 3.40. The molecule has 0 aromatic heterocycles. The van der Waals surface area contributed by atoms with Crippen molar-refractivity contribution in [1.29, 1.82) is 0 Å². The summed E-state index contributed by atoms with van der Waals surface area (Å²) < 4.78 is 0.